The van der Waals surface area contributed by atoms with Crippen molar-refractivity contribution in [3.63, 3.8) is 0 Å². The predicted molar refractivity (Wildman–Crippen MR) is 72.9 cm³/mol. The van der Waals surface area contributed by atoms with E-state index in [1.54, 1.807) is 0 Å². The lowest BCUT2D eigenvalue weighted by molar-refractivity contribution is 0.896. The van der Waals surface area contributed by atoms with E-state index >= 15 is 0 Å². The molecule has 0 amide bonds. The van der Waals surface area contributed by atoms with E-state index in [1.165, 1.54) is 16.7 Å². The van der Waals surface area contributed by atoms with E-state index in [0.717, 1.165) is 25.1 Å². The number of fused-ring (bicyclic) bond motifs is 1. The zero-order valence-corrected chi connectivity index (χ0v) is 10.3. The van der Waals surface area contributed by atoms with Crippen molar-refractivity contribution in [2.75, 3.05) is 6.54 Å². The number of alkyl halides is 1. The molecule has 1 atom stereocenters. The lowest BCUT2D eigenvalue weighted by atomic mass is 9.87. The molecule has 0 radical (unpaired) electrons. The van der Waals surface area contributed by atoms with Gasteiger partial charge in [-0.25, -0.2) is 0 Å². The molecule has 1 nitrogen and oxygen atoms in total. The van der Waals surface area contributed by atoms with Gasteiger partial charge in [-0.1, -0.05) is 42.5 Å². The zero-order chi connectivity index (χ0) is 11.7. The normalized spacial score (nSPS) is 23.4. The van der Waals surface area contributed by atoms with Gasteiger partial charge < -0.3 is 0 Å². The summed E-state index contributed by atoms with van der Waals surface area (Å²) in [5.41, 5.74) is 4.99. The second kappa shape index (κ2) is 4.50. The Balaban J connectivity index is 2.02. The molecule has 1 unspecified atom stereocenters. The monoisotopic (exact) mass is 243 g/mol. The van der Waals surface area contributed by atoms with Gasteiger partial charge in [-0.15, -0.1) is 11.6 Å². The zero-order valence-electron chi connectivity index (χ0n) is 9.57. The van der Waals surface area contributed by atoms with E-state index in [4.69, 9.17) is 11.6 Å². The first-order chi connectivity index (χ1) is 8.34. The van der Waals surface area contributed by atoms with E-state index < -0.39 is 0 Å². The highest BCUT2D eigenvalue weighted by atomic mass is 35.5. The maximum absolute atomic E-state index is 6.17. The molecule has 1 heterocycles. The fourth-order valence-electron chi connectivity index (χ4n) is 2.42. The van der Waals surface area contributed by atoms with Crippen LogP contribution in [0.1, 0.15) is 18.4 Å². The van der Waals surface area contributed by atoms with Crippen molar-refractivity contribution in [1.29, 1.82) is 0 Å². The highest BCUT2D eigenvalue weighted by molar-refractivity contribution is 6.23. The molecule has 0 saturated carbocycles. The summed E-state index contributed by atoms with van der Waals surface area (Å²) in [5.74, 6) is 0. The highest BCUT2D eigenvalue weighted by Crippen LogP contribution is 2.30. The average molecular weight is 244 g/mol. The summed E-state index contributed by atoms with van der Waals surface area (Å²) in [4.78, 5) is 4.67. The van der Waals surface area contributed by atoms with Gasteiger partial charge in [-0.05, 0) is 24.0 Å². The van der Waals surface area contributed by atoms with Gasteiger partial charge in [-0.2, -0.15) is 0 Å². The number of aliphatic imine (C=N–C) groups is 1. The fourth-order valence-corrected chi connectivity index (χ4v) is 2.66. The quantitative estimate of drug-likeness (QED) is 0.667. The van der Waals surface area contributed by atoms with Gasteiger partial charge in [0.25, 0.3) is 0 Å². The van der Waals surface area contributed by atoms with Crippen LogP contribution in [0.5, 0.6) is 0 Å². The summed E-state index contributed by atoms with van der Waals surface area (Å²) >= 11 is 6.17. The molecule has 3 rings (SSSR count). The van der Waals surface area contributed by atoms with Gasteiger partial charge in [0.1, 0.15) is 0 Å². The summed E-state index contributed by atoms with van der Waals surface area (Å²) in [5, 5.41) is 0.156. The van der Waals surface area contributed by atoms with Crippen LogP contribution in [0.4, 0.5) is 0 Å². The van der Waals surface area contributed by atoms with E-state index in [9.17, 15) is 0 Å². The molecule has 0 N–H and O–H groups in total. The van der Waals surface area contributed by atoms with Crippen LogP contribution in [-0.4, -0.2) is 17.6 Å². The molecule has 1 aromatic carbocycles. The van der Waals surface area contributed by atoms with Crippen LogP contribution < -0.4 is 0 Å². The third-order valence-electron chi connectivity index (χ3n) is 3.23. The number of allylic oxidation sites excluding steroid dienone is 3. The minimum atomic E-state index is 0.156. The molecule has 1 aliphatic carbocycles. The number of benzene rings is 1. The van der Waals surface area contributed by atoms with Crippen LogP contribution in [0, 0.1) is 0 Å². The molecule has 86 valence electrons. The summed E-state index contributed by atoms with van der Waals surface area (Å²) in [6.45, 7) is 0.872. The van der Waals surface area contributed by atoms with Crippen LogP contribution in [0.15, 0.2) is 58.6 Å². The topological polar surface area (TPSA) is 12.4 Å². The molecule has 2 aliphatic rings. The van der Waals surface area contributed by atoms with Crippen LogP contribution in [-0.2, 0) is 0 Å². The molecule has 1 aromatic rings. The van der Waals surface area contributed by atoms with Crippen LogP contribution >= 0.6 is 11.6 Å². The van der Waals surface area contributed by atoms with Crippen molar-refractivity contribution >= 4 is 17.3 Å². The van der Waals surface area contributed by atoms with Crippen molar-refractivity contribution < 1.29 is 0 Å². The standard InChI is InChI=1S/C15H14ClN/c16-13-6-7-14-12(10-13)8-9-17-15(14)11-4-2-1-3-5-11/h1-5,7,10,13H,6,8-9H2. The molecule has 0 fully saturated rings. The molecular formula is C15H14ClN. The van der Waals surface area contributed by atoms with Crippen molar-refractivity contribution in [2.45, 2.75) is 18.2 Å². The number of hydrogen-bond acceptors (Lipinski definition) is 1. The van der Waals surface area contributed by atoms with E-state index in [1.807, 2.05) is 6.07 Å². The van der Waals surface area contributed by atoms with Gasteiger partial charge in [0.15, 0.2) is 0 Å². The molecule has 1 aliphatic heterocycles. The molecule has 0 saturated heterocycles. The van der Waals surface area contributed by atoms with E-state index in [-0.39, 0.29) is 5.38 Å². The van der Waals surface area contributed by atoms with Crippen LogP contribution in [0.2, 0.25) is 0 Å². The molecule has 0 spiro atoms. The Morgan fingerprint density at radius 1 is 1.18 bits per heavy atom. The Morgan fingerprint density at radius 3 is 2.82 bits per heavy atom. The average Bonchev–Trinajstić information content (AvgIpc) is 2.39. The molecule has 2 heteroatoms. The van der Waals surface area contributed by atoms with Crippen molar-refractivity contribution in [3.8, 4) is 0 Å². The van der Waals surface area contributed by atoms with Crippen molar-refractivity contribution in [3.05, 3.63) is 59.2 Å². The first-order valence-corrected chi connectivity index (χ1v) is 6.44. The second-order valence-corrected chi connectivity index (χ2v) is 4.97. The lowest BCUT2D eigenvalue weighted by Crippen LogP contribution is -2.18. The number of hydrogen-bond donors (Lipinski definition) is 0. The Kier molecular flexibility index (Phi) is 2.86. The van der Waals surface area contributed by atoms with E-state index in [0.29, 0.717) is 0 Å². The highest BCUT2D eigenvalue weighted by Gasteiger charge is 2.21. The molecule has 0 aromatic heterocycles. The summed E-state index contributed by atoms with van der Waals surface area (Å²) in [6, 6.07) is 10.4. The third-order valence-corrected chi connectivity index (χ3v) is 3.53. The van der Waals surface area contributed by atoms with Crippen molar-refractivity contribution in [2.24, 2.45) is 4.99 Å². The first kappa shape index (κ1) is 10.8. The van der Waals surface area contributed by atoms with Crippen LogP contribution in [0.3, 0.4) is 0 Å². The Hall–Kier alpha value is -1.34. The SMILES string of the molecule is ClC1C=C2CCN=C(c3ccccc3)C2=CC1. The van der Waals surface area contributed by atoms with Gasteiger partial charge in [0, 0.05) is 12.1 Å². The fraction of sp³-hybridized carbons (Fsp3) is 0.267. The van der Waals surface area contributed by atoms with E-state index in [2.05, 4.69) is 41.4 Å². The molecular weight excluding hydrogens is 230 g/mol. The summed E-state index contributed by atoms with van der Waals surface area (Å²) in [7, 11) is 0. The van der Waals surface area contributed by atoms with Gasteiger partial charge >= 0.3 is 0 Å². The Morgan fingerprint density at radius 2 is 2.00 bits per heavy atom. The minimum Gasteiger partial charge on any atom is -0.284 e. The van der Waals surface area contributed by atoms with Crippen LogP contribution in [0.25, 0.3) is 0 Å². The predicted octanol–water partition coefficient (Wildman–Crippen LogP) is 3.74. The molecule has 0 bridgehead atoms. The summed E-state index contributed by atoms with van der Waals surface area (Å²) in [6.07, 6.45) is 6.35. The minimum absolute atomic E-state index is 0.156. The number of nitrogens with zero attached hydrogens (tertiary/aromatic N) is 1. The van der Waals surface area contributed by atoms with Gasteiger partial charge in [-0.3, -0.25) is 4.99 Å². The van der Waals surface area contributed by atoms with Gasteiger partial charge in [0.05, 0.1) is 11.1 Å². The largest absolute Gasteiger partial charge is 0.284 e. The maximum atomic E-state index is 6.17. The molecule has 17 heavy (non-hydrogen) atoms. The lowest BCUT2D eigenvalue weighted by Gasteiger charge is -2.24. The second-order valence-electron chi connectivity index (χ2n) is 4.41. The van der Waals surface area contributed by atoms with Gasteiger partial charge in [0.2, 0.25) is 0 Å². The Bertz CT molecular complexity index is 511. The summed E-state index contributed by atoms with van der Waals surface area (Å²) < 4.78 is 0. The smallest absolute Gasteiger partial charge is 0.0718 e. The number of halogens is 1. The Labute approximate surface area is 107 Å². The first-order valence-electron chi connectivity index (χ1n) is 6.00. The number of rotatable bonds is 1. The maximum Gasteiger partial charge on any atom is 0.0718 e. The van der Waals surface area contributed by atoms with Crippen molar-refractivity contribution in [1.82, 2.24) is 0 Å². The third kappa shape index (κ3) is 2.07.